The average Bonchev–Trinajstić information content (AvgIpc) is 3.23. The van der Waals surface area contributed by atoms with E-state index in [4.69, 9.17) is 4.74 Å². The van der Waals surface area contributed by atoms with E-state index in [1.54, 1.807) is 12.1 Å². The van der Waals surface area contributed by atoms with E-state index in [1.165, 1.54) is 53.4 Å². The van der Waals surface area contributed by atoms with Gasteiger partial charge in [0.1, 0.15) is 29.5 Å². The maximum atomic E-state index is 13.6. The van der Waals surface area contributed by atoms with Gasteiger partial charge in [0.05, 0.1) is 6.10 Å². The molecule has 0 radical (unpaired) electrons. The Kier molecular flexibility index (Phi) is 7.11. The number of phenolic OH excluding ortho intramolecular Hbond substituents is 1. The van der Waals surface area contributed by atoms with Gasteiger partial charge >= 0.3 is 6.09 Å². The molecule has 4 aromatic rings. The van der Waals surface area contributed by atoms with Gasteiger partial charge in [0.15, 0.2) is 0 Å². The van der Waals surface area contributed by atoms with E-state index in [1.807, 2.05) is 37.3 Å². The van der Waals surface area contributed by atoms with Crippen LogP contribution in [-0.2, 0) is 4.74 Å². The minimum absolute atomic E-state index is 0.0106. The lowest BCUT2D eigenvalue weighted by Gasteiger charge is -2.26. The molecule has 194 valence electrons. The van der Waals surface area contributed by atoms with Gasteiger partial charge in [0.2, 0.25) is 0 Å². The molecule has 0 aliphatic carbocycles. The van der Waals surface area contributed by atoms with Gasteiger partial charge in [0, 0.05) is 11.3 Å². The number of halogens is 2. The zero-order valence-electron chi connectivity index (χ0n) is 20.7. The summed E-state index contributed by atoms with van der Waals surface area (Å²) in [6, 6.07) is 23.5. The summed E-state index contributed by atoms with van der Waals surface area (Å²) in [5.41, 5.74) is 4.29. The second kappa shape index (κ2) is 10.6. The van der Waals surface area contributed by atoms with Gasteiger partial charge in [-0.3, -0.25) is 4.90 Å². The van der Waals surface area contributed by atoms with Crippen LogP contribution in [0, 0.1) is 18.6 Å². The van der Waals surface area contributed by atoms with Crippen LogP contribution in [0.3, 0.4) is 0 Å². The van der Waals surface area contributed by atoms with Crippen molar-refractivity contribution in [1.29, 1.82) is 0 Å². The van der Waals surface area contributed by atoms with Crippen LogP contribution >= 0.6 is 0 Å². The van der Waals surface area contributed by atoms with Crippen LogP contribution in [0.1, 0.15) is 41.7 Å². The Morgan fingerprint density at radius 2 is 1.55 bits per heavy atom. The van der Waals surface area contributed by atoms with E-state index in [0.29, 0.717) is 16.8 Å². The van der Waals surface area contributed by atoms with Crippen molar-refractivity contribution < 1.29 is 28.5 Å². The number of phenols is 1. The van der Waals surface area contributed by atoms with Crippen LogP contribution in [0.15, 0.2) is 91.0 Å². The van der Waals surface area contributed by atoms with Gasteiger partial charge in [-0.05, 0) is 78.9 Å². The summed E-state index contributed by atoms with van der Waals surface area (Å²) in [6.45, 7) is 1.99. The summed E-state index contributed by atoms with van der Waals surface area (Å²) in [6.07, 6.45) is -1.74. The number of aliphatic hydroxyl groups excluding tert-OH is 1. The van der Waals surface area contributed by atoms with E-state index in [2.05, 4.69) is 0 Å². The number of cyclic esters (lactones) is 1. The van der Waals surface area contributed by atoms with E-state index in [-0.39, 0.29) is 18.6 Å². The molecule has 5 nitrogen and oxygen atoms in total. The third-order valence-electron chi connectivity index (χ3n) is 6.86. The molecule has 38 heavy (non-hydrogen) atoms. The van der Waals surface area contributed by atoms with Crippen molar-refractivity contribution in [3.63, 3.8) is 0 Å². The highest BCUT2D eigenvalue weighted by molar-refractivity contribution is 5.91. The van der Waals surface area contributed by atoms with Crippen LogP contribution in [0.4, 0.5) is 19.3 Å². The van der Waals surface area contributed by atoms with E-state index in [0.717, 1.165) is 16.7 Å². The minimum atomic E-state index is -0.896. The maximum absolute atomic E-state index is 13.6. The third-order valence-corrected chi connectivity index (χ3v) is 6.86. The number of carbonyl (C=O) groups is 1. The SMILES string of the molecule is Cc1cccc(-c2ccc(C3C(CCC(O)c4ccc(F)cc4)OC(=O)N3c3ccc(F)cc3)c(O)c2)c1. The first kappa shape index (κ1) is 25.4. The summed E-state index contributed by atoms with van der Waals surface area (Å²) in [4.78, 5) is 14.5. The molecule has 5 rings (SSSR count). The smallest absolute Gasteiger partial charge is 0.415 e. The van der Waals surface area contributed by atoms with E-state index >= 15 is 0 Å². The van der Waals surface area contributed by atoms with Crippen LogP contribution in [0.5, 0.6) is 5.75 Å². The number of ether oxygens (including phenoxy) is 1. The van der Waals surface area contributed by atoms with Crippen molar-refractivity contribution in [2.45, 2.75) is 38.0 Å². The number of nitrogens with zero attached hydrogens (tertiary/aromatic N) is 1. The molecule has 1 amide bonds. The lowest BCUT2D eigenvalue weighted by Crippen LogP contribution is -2.29. The average molecular weight is 516 g/mol. The number of benzene rings is 4. The van der Waals surface area contributed by atoms with Gasteiger partial charge < -0.3 is 14.9 Å². The Morgan fingerprint density at radius 1 is 0.895 bits per heavy atom. The molecule has 3 atom stereocenters. The molecule has 0 saturated carbocycles. The van der Waals surface area contributed by atoms with Crippen molar-refractivity contribution in [3.05, 3.63) is 119 Å². The Morgan fingerprint density at radius 3 is 2.21 bits per heavy atom. The van der Waals surface area contributed by atoms with Crippen LogP contribution in [-0.4, -0.2) is 22.4 Å². The molecular weight excluding hydrogens is 488 g/mol. The fourth-order valence-corrected chi connectivity index (χ4v) is 4.93. The highest BCUT2D eigenvalue weighted by Gasteiger charge is 2.44. The molecule has 2 N–H and O–H groups in total. The molecule has 1 heterocycles. The van der Waals surface area contributed by atoms with Crippen LogP contribution in [0.2, 0.25) is 0 Å². The molecule has 1 fully saturated rings. The molecule has 4 aromatic carbocycles. The fourth-order valence-electron chi connectivity index (χ4n) is 4.93. The number of aromatic hydroxyl groups is 1. The minimum Gasteiger partial charge on any atom is -0.508 e. The normalized spacial score (nSPS) is 17.9. The maximum Gasteiger partial charge on any atom is 0.415 e. The van der Waals surface area contributed by atoms with Crippen LogP contribution < -0.4 is 4.90 Å². The Labute approximate surface area is 219 Å². The van der Waals surface area contributed by atoms with Crippen molar-refractivity contribution in [1.82, 2.24) is 0 Å². The number of carbonyl (C=O) groups excluding carboxylic acids is 1. The number of aliphatic hydroxyl groups is 1. The van der Waals surface area contributed by atoms with Crippen molar-refractivity contribution in [2.24, 2.45) is 0 Å². The number of anilines is 1. The van der Waals surface area contributed by atoms with E-state index < -0.39 is 36.0 Å². The second-order valence-electron chi connectivity index (χ2n) is 9.50. The summed E-state index contributed by atoms with van der Waals surface area (Å²) in [5.74, 6) is -0.851. The highest BCUT2D eigenvalue weighted by Crippen LogP contribution is 2.43. The highest BCUT2D eigenvalue weighted by atomic mass is 19.1. The van der Waals surface area contributed by atoms with Gasteiger partial charge in [0.25, 0.3) is 0 Å². The molecule has 0 spiro atoms. The van der Waals surface area contributed by atoms with Crippen molar-refractivity contribution in [3.8, 4) is 16.9 Å². The summed E-state index contributed by atoms with van der Waals surface area (Å²) < 4.78 is 32.7. The number of amides is 1. The van der Waals surface area contributed by atoms with Gasteiger partial charge in [-0.1, -0.05) is 54.1 Å². The predicted octanol–water partition coefficient (Wildman–Crippen LogP) is 7.23. The zero-order chi connectivity index (χ0) is 26.8. The topological polar surface area (TPSA) is 70.0 Å². The number of hydrogen-bond acceptors (Lipinski definition) is 4. The van der Waals surface area contributed by atoms with E-state index in [9.17, 15) is 23.8 Å². The monoisotopic (exact) mass is 515 g/mol. The molecule has 7 heteroatoms. The molecular formula is C31H27F2NO4. The Hall–Kier alpha value is -4.23. The Balaban J connectivity index is 1.47. The summed E-state index contributed by atoms with van der Waals surface area (Å²) in [5, 5.41) is 21.8. The first-order chi connectivity index (χ1) is 18.3. The van der Waals surface area contributed by atoms with Crippen LogP contribution in [0.25, 0.3) is 11.1 Å². The standard InChI is InChI=1S/C31H27F2NO4/c1-19-3-2-4-21(17-19)22-7-14-26(28(36)18-22)30-29(16-15-27(35)20-5-8-23(32)9-6-20)38-31(37)34(30)25-12-10-24(33)11-13-25/h2-14,17-18,27,29-30,35-36H,15-16H2,1H3. The molecule has 1 saturated heterocycles. The van der Waals surface area contributed by atoms with Gasteiger partial charge in [-0.15, -0.1) is 0 Å². The van der Waals surface area contributed by atoms with Gasteiger partial charge in [-0.2, -0.15) is 0 Å². The second-order valence-corrected chi connectivity index (χ2v) is 9.50. The molecule has 3 unspecified atom stereocenters. The number of rotatable bonds is 7. The first-order valence-corrected chi connectivity index (χ1v) is 12.4. The zero-order valence-corrected chi connectivity index (χ0v) is 20.7. The fraction of sp³-hybridized carbons (Fsp3) is 0.194. The molecule has 0 bridgehead atoms. The summed E-state index contributed by atoms with van der Waals surface area (Å²) in [7, 11) is 0. The molecule has 0 aromatic heterocycles. The first-order valence-electron chi connectivity index (χ1n) is 12.4. The van der Waals surface area contributed by atoms with Crippen molar-refractivity contribution >= 4 is 11.8 Å². The largest absolute Gasteiger partial charge is 0.508 e. The lowest BCUT2D eigenvalue weighted by molar-refractivity contribution is 0.100. The third kappa shape index (κ3) is 5.24. The van der Waals surface area contributed by atoms with Gasteiger partial charge in [-0.25, -0.2) is 13.6 Å². The predicted molar refractivity (Wildman–Crippen MR) is 141 cm³/mol. The summed E-state index contributed by atoms with van der Waals surface area (Å²) >= 11 is 0. The lowest BCUT2D eigenvalue weighted by atomic mass is 9.92. The number of aryl methyl sites for hydroxylation is 1. The van der Waals surface area contributed by atoms with Crippen molar-refractivity contribution in [2.75, 3.05) is 4.90 Å². The molecule has 1 aliphatic rings. The number of hydrogen-bond donors (Lipinski definition) is 2. The molecule has 1 aliphatic heterocycles. The quantitative estimate of drug-likeness (QED) is 0.273. The Bertz CT molecular complexity index is 1440.